The van der Waals surface area contributed by atoms with Gasteiger partial charge in [-0.25, -0.2) is 13.6 Å². The first kappa shape index (κ1) is 38.6. The number of amides is 2. The van der Waals surface area contributed by atoms with Gasteiger partial charge in [0.1, 0.15) is 16.6 Å². The lowest BCUT2D eigenvalue weighted by molar-refractivity contribution is -0.137. The first-order valence-corrected chi connectivity index (χ1v) is 19.7. The summed E-state index contributed by atoms with van der Waals surface area (Å²) in [5.74, 6) is -2.94. The van der Waals surface area contributed by atoms with Crippen LogP contribution in [0.25, 0.3) is 0 Å². The number of aryl methyl sites for hydroxylation is 2. The van der Waals surface area contributed by atoms with Crippen molar-refractivity contribution in [1.82, 2.24) is 14.7 Å². The van der Waals surface area contributed by atoms with Crippen molar-refractivity contribution in [2.24, 2.45) is 0 Å². The topological polar surface area (TPSA) is 125 Å². The SMILES string of the molecule is CN(C)CC(=O)N1C2CCC1CN(Cc1cccc(C(O)Nc3sc4c(c3C(=O)Nc3cc(F)c(CCc5ccc(C(=O)O)cc5)c(F)c3)CCCC4)c1)C2. The van der Waals surface area contributed by atoms with E-state index in [-0.39, 0.29) is 41.2 Å². The van der Waals surface area contributed by atoms with Gasteiger partial charge in [0.15, 0.2) is 6.23 Å². The summed E-state index contributed by atoms with van der Waals surface area (Å²) in [6.45, 7) is 2.72. The molecule has 290 valence electrons. The minimum Gasteiger partial charge on any atom is -0.478 e. The van der Waals surface area contributed by atoms with Crippen LogP contribution in [0.5, 0.6) is 0 Å². The number of fused-ring (bicyclic) bond motifs is 3. The van der Waals surface area contributed by atoms with E-state index >= 15 is 8.78 Å². The van der Waals surface area contributed by atoms with Crippen LogP contribution in [-0.2, 0) is 37.0 Å². The van der Waals surface area contributed by atoms with E-state index in [9.17, 15) is 19.5 Å². The number of carbonyl (C=O) groups is 3. The molecule has 2 bridgehead atoms. The van der Waals surface area contributed by atoms with E-state index < -0.39 is 29.7 Å². The number of thiophene rings is 1. The summed E-state index contributed by atoms with van der Waals surface area (Å²) in [6, 6.07) is 16.6. The fourth-order valence-electron chi connectivity index (χ4n) is 8.30. The summed E-state index contributed by atoms with van der Waals surface area (Å²) in [4.78, 5) is 45.4. The molecule has 0 saturated carbocycles. The summed E-state index contributed by atoms with van der Waals surface area (Å²) in [7, 11) is 3.83. The normalized spacial score (nSPS) is 18.6. The van der Waals surface area contributed by atoms with Crippen molar-refractivity contribution < 1.29 is 33.4 Å². The van der Waals surface area contributed by atoms with E-state index in [4.69, 9.17) is 5.11 Å². The number of carboxylic acids is 1. The van der Waals surface area contributed by atoms with Crippen LogP contribution in [0.3, 0.4) is 0 Å². The van der Waals surface area contributed by atoms with Crippen LogP contribution in [0.4, 0.5) is 19.5 Å². The van der Waals surface area contributed by atoms with E-state index in [1.165, 1.54) is 23.5 Å². The summed E-state index contributed by atoms with van der Waals surface area (Å²) < 4.78 is 30.5. The summed E-state index contributed by atoms with van der Waals surface area (Å²) in [5, 5.41) is 27.0. The molecule has 2 aliphatic heterocycles. The van der Waals surface area contributed by atoms with Crippen molar-refractivity contribution >= 4 is 39.8 Å². The largest absolute Gasteiger partial charge is 0.478 e. The minimum atomic E-state index is -1.11. The predicted molar refractivity (Wildman–Crippen MR) is 209 cm³/mol. The molecule has 3 aromatic carbocycles. The summed E-state index contributed by atoms with van der Waals surface area (Å²) >= 11 is 1.43. The molecule has 13 heteroatoms. The number of nitrogens with one attached hydrogen (secondary N) is 2. The number of likely N-dealkylation sites (N-methyl/N-ethyl adjacent to an activating group) is 1. The Morgan fingerprint density at radius 1 is 0.927 bits per heavy atom. The summed E-state index contributed by atoms with van der Waals surface area (Å²) in [5.41, 5.74) is 3.70. The lowest BCUT2D eigenvalue weighted by atomic mass is 9.95. The smallest absolute Gasteiger partial charge is 0.335 e. The molecule has 1 aromatic heterocycles. The number of benzene rings is 3. The third kappa shape index (κ3) is 8.75. The molecular formula is C42H47F2N5O5S. The number of nitrogens with zero attached hydrogens (tertiary/aromatic N) is 3. The molecule has 7 rings (SSSR count). The number of rotatable bonds is 13. The van der Waals surface area contributed by atoms with Crippen molar-refractivity contribution in [3.05, 3.63) is 116 Å². The zero-order chi connectivity index (χ0) is 38.8. The Morgan fingerprint density at radius 3 is 2.29 bits per heavy atom. The van der Waals surface area contributed by atoms with Crippen molar-refractivity contribution in [2.75, 3.05) is 44.4 Å². The fraction of sp³-hybridized carbons (Fsp3) is 0.405. The van der Waals surface area contributed by atoms with Gasteiger partial charge in [0.05, 0.1) is 17.7 Å². The van der Waals surface area contributed by atoms with Gasteiger partial charge in [0, 0.05) is 53.4 Å². The van der Waals surface area contributed by atoms with Gasteiger partial charge in [-0.05, 0) is 106 Å². The predicted octanol–water partition coefficient (Wildman–Crippen LogP) is 6.48. The van der Waals surface area contributed by atoms with E-state index in [2.05, 4.69) is 20.4 Å². The van der Waals surface area contributed by atoms with Crippen molar-refractivity contribution in [1.29, 1.82) is 0 Å². The van der Waals surface area contributed by atoms with Gasteiger partial charge in [0.2, 0.25) is 5.91 Å². The highest BCUT2D eigenvalue weighted by atomic mass is 32.1. The number of halogens is 2. The Hall–Kier alpha value is -4.69. The Labute approximate surface area is 323 Å². The van der Waals surface area contributed by atoms with Crippen LogP contribution in [0.1, 0.15) is 85.3 Å². The number of aromatic carboxylic acids is 1. The molecule has 2 fully saturated rings. The molecule has 3 unspecified atom stereocenters. The molecule has 0 radical (unpaired) electrons. The summed E-state index contributed by atoms with van der Waals surface area (Å²) in [6.07, 6.45) is 4.65. The number of carbonyl (C=O) groups excluding carboxylic acids is 2. The second kappa shape index (κ2) is 16.6. The van der Waals surface area contributed by atoms with Crippen molar-refractivity contribution in [3.63, 3.8) is 0 Å². The number of anilines is 2. The van der Waals surface area contributed by atoms with Gasteiger partial charge in [0.25, 0.3) is 5.91 Å². The second-order valence-corrected chi connectivity index (χ2v) is 16.3. The molecule has 55 heavy (non-hydrogen) atoms. The molecule has 3 atom stereocenters. The van der Waals surface area contributed by atoms with Crippen LogP contribution < -0.4 is 10.6 Å². The first-order valence-electron chi connectivity index (χ1n) is 18.9. The number of carboxylic acid groups (broad SMARTS) is 1. The number of aliphatic hydroxyl groups excluding tert-OH is 1. The number of hydrogen-bond acceptors (Lipinski definition) is 8. The maximum atomic E-state index is 15.3. The van der Waals surface area contributed by atoms with Gasteiger partial charge in [-0.1, -0.05) is 36.4 Å². The number of hydrogen-bond donors (Lipinski definition) is 4. The van der Waals surface area contributed by atoms with Crippen molar-refractivity contribution in [2.45, 2.75) is 76.2 Å². The molecule has 0 spiro atoms. The van der Waals surface area contributed by atoms with Gasteiger partial charge < -0.3 is 30.6 Å². The molecule has 4 aromatic rings. The van der Waals surface area contributed by atoms with Crippen molar-refractivity contribution in [3.8, 4) is 0 Å². The van der Waals surface area contributed by atoms with E-state index in [1.807, 2.05) is 43.3 Å². The minimum absolute atomic E-state index is 0.0131. The Bertz CT molecular complexity index is 2030. The molecule has 3 aliphatic rings. The van der Waals surface area contributed by atoms with Crippen LogP contribution in [0.2, 0.25) is 0 Å². The lowest BCUT2D eigenvalue weighted by Gasteiger charge is -2.41. The molecule has 4 N–H and O–H groups in total. The number of likely N-dealkylation sites (tertiary alicyclic amines) is 1. The Morgan fingerprint density at radius 2 is 1.62 bits per heavy atom. The highest BCUT2D eigenvalue weighted by Gasteiger charge is 2.42. The Kier molecular flexibility index (Phi) is 11.6. The average molecular weight is 772 g/mol. The van der Waals surface area contributed by atoms with Crippen LogP contribution in [0, 0.1) is 11.6 Å². The third-order valence-corrected chi connectivity index (χ3v) is 12.1. The Balaban J connectivity index is 1.02. The van der Waals surface area contributed by atoms with Crippen LogP contribution in [0.15, 0.2) is 60.7 Å². The lowest BCUT2D eigenvalue weighted by Crippen LogP contribution is -2.56. The zero-order valence-electron chi connectivity index (χ0n) is 31.1. The zero-order valence-corrected chi connectivity index (χ0v) is 31.9. The highest BCUT2D eigenvalue weighted by Crippen LogP contribution is 2.40. The molecule has 2 saturated heterocycles. The number of piperazine rings is 1. The second-order valence-electron chi connectivity index (χ2n) is 15.2. The molecule has 3 heterocycles. The highest BCUT2D eigenvalue weighted by molar-refractivity contribution is 7.16. The molecule has 10 nitrogen and oxygen atoms in total. The van der Waals surface area contributed by atoms with Gasteiger partial charge in [-0.2, -0.15) is 0 Å². The maximum absolute atomic E-state index is 15.3. The average Bonchev–Trinajstić information content (AvgIpc) is 3.64. The molecule has 1 aliphatic carbocycles. The third-order valence-electron chi connectivity index (χ3n) is 10.9. The van der Waals surface area contributed by atoms with Crippen LogP contribution >= 0.6 is 11.3 Å². The first-order chi connectivity index (χ1) is 26.4. The maximum Gasteiger partial charge on any atom is 0.335 e. The van der Waals surface area contributed by atoms with Gasteiger partial charge >= 0.3 is 5.97 Å². The quantitative estimate of drug-likeness (QED) is 0.114. The van der Waals surface area contributed by atoms with E-state index in [0.29, 0.717) is 42.1 Å². The standard InChI is InChI=1S/C42H47F2N5O5S/c1-47(2)24-37(50)49-30-15-16-31(49)23-48(22-30)21-26-6-5-7-28(18-26)39(51)46-41-38(33-8-3-4-9-36(33)55-41)40(52)45-29-19-34(43)32(35(44)20-29)17-12-25-10-13-27(14-11-25)42(53)54/h5-7,10-11,13-14,18-20,30-31,39,46,51H,3-4,8-9,12,15-17,21-24H2,1-2H3,(H,45,52)(H,53,54). The molecule has 2 amide bonds. The van der Waals surface area contributed by atoms with Gasteiger partial charge in [-0.3, -0.25) is 14.5 Å². The van der Waals surface area contributed by atoms with E-state index in [1.54, 1.807) is 12.1 Å². The van der Waals surface area contributed by atoms with Crippen LogP contribution in [-0.4, -0.2) is 88.5 Å². The van der Waals surface area contributed by atoms with E-state index in [0.717, 1.165) is 78.9 Å². The fourth-order valence-corrected chi connectivity index (χ4v) is 9.61. The monoisotopic (exact) mass is 771 g/mol. The number of aliphatic hydroxyl groups is 1. The van der Waals surface area contributed by atoms with Gasteiger partial charge in [-0.15, -0.1) is 11.3 Å². The molecular weight excluding hydrogens is 725 g/mol.